The molecule has 0 fully saturated rings. The van der Waals surface area contributed by atoms with Crippen molar-refractivity contribution in [2.24, 2.45) is 0 Å². The third-order valence-electron chi connectivity index (χ3n) is 3.75. The first-order chi connectivity index (χ1) is 13.2. The van der Waals surface area contributed by atoms with Crippen molar-refractivity contribution in [2.75, 3.05) is 38.1 Å². The Kier molecular flexibility index (Phi) is 6.56. The molecule has 0 radical (unpaired) electrons. The molecule has 2 aromatic carbocycles. The summed E-state index contributed by atoms with van der Waals surface area (Å²) in [7, 11) is 1.58. The number of fused-ring (bicyclic) bond motifs is 1. The number of carbonyl (C=O) groups excluding carboxylic acids is 2. The van der Waals surface area contributed by atoms with Crippen LogP contribution in [0, 0.1) is 0 Å². The van der Waals surface area contributed by atoms with Crippen LogP contribution < -0.4 is 20.1 Å². The number of hydrogen-bond donors (Lipinski definition) is 2. The number of benzene rings is 2. The van der Waals surface area contributed by atoms with Crippen LogP contribution in [0.25, 0.3) is 0 Å². The quantitative estimate of drug-likeness (QED) is 0.534. The number of amides is 2. The topological polar surface area (TPSA) is 85.9 Å². The Labute approximate surface area is 161 Å². The largest absolute Gasteiger partial charge is 0.454 e. The first-order valence-electron chi connectivity index (χ1n) is 8.36. The smallest absolute Gasteiger partial charge is 0.256 e. The predicted octanol–water partition coefficient (Wildman–Crippen LogP) is 2.52. The van der Waals surface area contributed by atoms with Gasteiger partial charge in [-0.05, 0) is 24.3 Å². The lowest BCUT2D eigenvalue weighted by Crippen LogP contribution is -2.28. The summed E-state index contributed by atoms with van der Waals surface area (Å²) in [4.78, 5) is 25.3. The third kappa shape index (κ3) is 5.15. The van der Waals surface area contributed by atoms with Gasteiger partial charge in [0.05, 0.1) is 17.9 Å². The average molecular weight is 388 g/mol. The summed E-state index contributed by atoms with van der Waals surface area (Å²) in [6.45, 7) is 1.10. The number of anilines is 1. The summed E-state index contributed by atoms with van der Waals surface area (Å²) in [5.74, 6) is 1.12. The highest BCUT2D eigenvalue weighted by molar-refractivity contribution is 8.00. The predicted molar refractivity (Wildman–Crippen MR) is 103 cm³/mol. The highest BCUT2D eigenvalue weighted by atomic mass is 32.2. The fourth-order valence-electron chi connectivity index (χ4n) is 2.44. The van der Waals surface area contributed by atoms with Crippen molar-refractivity contribution in [3.8, 4) is 11.5 Å². The maximum absolute atomic E-state index is 12.7. The van der Waals surface area contributed by atoms with Crippen LogP contribution in [0.4, 0.5) is 5.69 Å². The van der Waals surface area contributed by atoms with Gasteiger partial charge in [-0.3, -0.25) is 9.59 Å². The van der Waals surface area contributed by atoms with Crippen LogP contribution in [0.3, 0.4) is 0 Å². The Morgan fingerprint density at radius 2 is 1.96 bits per heavy atom. The molecule has 0 unspecified atom stereocenters. The number of hydrogen-bond acceptors (Lipinski definition) is 6. The minimum absolute atomic E-state index is 0.108. The van der Waals surface area contributed by atoms with Gasteiger partial charge in [0.1, 0.15) is 0 Å². The van der Waals surface area contributed by atoms with Crippen LogP contribution in [0.1, 0.15) is 10.4 Å². The fraction of sp³-hybridized carbons (Fsp3) is 0.263. The summed E-state index contributed by atoms with van der Waals surface area (Å²) in [6, 6.07) is 12.4. The summed E-state index contributed by atoms with van der Waals surface area (Å²) >= 11 is 1.31. The normalized spacial score (nSPS) is 11.9. The van der Waals surface area contributed by atoms with Crippen LogP contribution in [-0.2, 0) is 9.53 Å². The van der Waals surface area contributed by atoms with Crippen molar-refractivity contribution in [3.63, 3.8) is 0 Å². The minimum Gasteiger partial charge on any atom is -0.454 e. The van der Waals surface area contributed by atoms with Crippen LogP contribution in [0.15, 0.2) is 47.4 Å². The average Bonchev–Trinajstić information content (AvgIpc) is 3.14. The van der Waals surface area contributed by atoms with E-state index in [2.05, 4.69) is 10.6 Å². The van der Waals surface area contributed by atoms with E-state index in [1.54, 1.807) is 37.4 Å². The van der Waals surface area contributed by atoms with E-state index < -0.39 is 0 Å². The minimum atomic E-state index is -0.253. The summed E-state index contributed by atoms with van der Waals surface area (Å²) in [6.07, 6.45) is 0. The zero-order valence-electron chi connectivity index (χ0n) is 14.8. The van der Waals surface area contributed by atoms with Crippen LogP contribution >= 0.6 is 11.8 Å². The fourth-order valence-corrected chi connectivity index (χ4v) is 3.32. The molecular weight excluding hydrogens is 368 g/mol. The van der Waals surface area contributed by atoms with E-state index in [9.17, 15) is 9.59 Å². The molecule has 1 aliphatic rings. The molecule has 0 aromatic heterocycles. The third-order valence-corrected chi connectivity index (χ3v) is 4.82. The number of nitrogens with one attached hydrogen (secondary N) is 2. The van der Waals surface area contributed by atoms with E-state index in [1.807, 2.05) is 12.1 Å². The van der Waals surface area contributed by atoms with Gasteiger partial charge >= 0.3 is 0 Å². The van der Waals surface area contributed by atoms with Gasteiger partial charge in [-0.1, -0.05) is 12.1 Å². The number of rotatable bonds is 8. The molecule has 0 bridgehead atoms. The summed E-state index contributed by atoms with van der Waals surface area (Å²) in [5.41, 5.74) is 1.12. The van der Waals surface area contributed by atoms with Crippen molar-refractivity contribution < 1.29 is 23.8 Å². The lowest BCUT2D eigenvalue weighted by Gasteiger charge is -2.10. The molecule has 27 heavy (non-hydrogen) atoms. The molecule has 0 atom stereocenters. The van der Waals surface area contributed by atoms with Gasteiger partial charge in [0.25, 0.3) is 5.91 Å². The van der Waals surface area contributed by atoms with E-state index in [1.165, 1.54) is 11.8 Å². The van der Waals surface area contributed by atoms with Crippen molar-refractivity contribution in [3.05, 3.63) is 48.0 Å². The highest BCUT2D eigenvalue weighted by Gasteiger charge is 2.16. The second-order valence-electron chi connectivity index (χ2n) is 5.65. The first-order valence-corrected chi connectivity index (χ1v) is 9.34. The lowest BCUT2D eigenvalue weighted by molar-refractivity contribution is -0.118. The SMILES string of the molecule is COCCNC(=O)CSc1ccccc1C(=O)Nc1ccc2c(c1)OCO2. The molecule has 1 aliphatic heterocycles. The molecule has 7 nitrogen and oxygen atoms in total. The van der Waals surface area contributed by atoms with Crippen molar-refractivity contribution in [1.82, 2.24) is 5.32 Å². The molecular formula is C19H20N2O5S. The molecule has 2 amide bonds. The summed E-state index contributed by atoms with van der Waals surface area (Å²) < 4.78 is 15.5. The lowest BCUT2D eigenvalue weighted by atomic mass is 10.2. The zero-order valence-corrected chi connectivity index (χ0v) is 15.6. The van der Waals surface area contributed by atoms with E-state index in [4.69, 9.17) is 14.2 Å². The molecule has 0 saturated heterocycles. The van der Waals surface area contributed by atoms with Crippen molar-refractivity contribution in [2.45, 2.75) is 4.90 Å². The molecule has 8 heteroatoms. The standard InChI is InChI=1S/C19H20N2O5S/c1-24-9-8-20-18(22)11-27-17-5-3-2-4-14(17)19(23)21-13-6-7-15-16(10-13)26-12-25-15/h2-7,10H,8-9,11-12H2,1H3,(H,20,22)(H,21,23). The Balaban J connectivity index is 1.62. The Hall–Kier alpha value is -2.71. The van der Waals surface area contributed by atoms with Gasteiger partial charge in [0.15, 0.2) is 11.5 Å². The van der Waals surface area contributed by atoms with Crippen LogP contribution in [0.2, 0.25) is 0 Å². The van der Waals surface area contributed by atoms with Gasteiger partial charge in [0, 0.05) is 30.3 Å². The van der Waals surface area contributed by atoms with E-state index >= 15 is 0 Å². The second kappa shape index (κ2) is 9.29. The van der Waals surface area contributed by atoms with E-state index in [0.717, 1.165) is 4.90 Å². The van der Waals surface area contributed by atoms with Gasteiger partial charge in [-0.15, -0.1) is 11.8 Å². The molecule has 2 N–H and O–H groups in total. The van der Waals surface area contributed by atoms with Crippen LogP contribution in [0.5, 0.6) is 11.5 Å². The van der Waals surface area contributed by atoms with Crippen molar-refractivity contribution >= 4 is 29.3 Å². The number of thioether (sulfide) groups is 1. The first kappa shape index (κ1) is 19.1. The Morgan fingerprint density at radius 3 is 2.81 bits per heavy atom. The molecule has 142 valence electrons. The molecule has 3 rings (SSSR count). The highest BCUT2D eigenvalue weighted by Crippen LogP contribution is 2.34. The molecule has 0 saturated carbocycles. The number of carbonyl (C=O) groups is 2. The van der Waals surface area contributed by atoms with Crippen LogP contribution in [-0.4, -0.2) is 44.6 Å². The number of ether oxygens (including phenoxy) is 3. The van der Waals surface area contributed by atoms with E-state index in [0.29, 0.717) is 35.9 Å². The van der Waals surface area contributed by atoms with Crippen molar-refractivity contribution in [1.29, 1.82) is 0 Å². The number of methoxy groups -OCH3 is 1. The van der Waals surface area contributed by atoms with Gasteiger partial charge < -0.3 is 24.8 Å². The Morgan fingerprint density at radius 1 is 1.15 bits per heavy atom. The molecule has 2 aromatic rings. The maximum atomic E-state index is 12.7. The monoisotopic (exact) mass is 388 g/mol. The van der Waals surface area contributed by atoms with Gasteiger partial charge in [-0.25, -0.2) is 0 Å². The summed E-state index contributed by atoms with van der Waals surface area (Å²) in [5, 5.41) is 5.61. The molecule has 0 aliphatic carbocycles. The van der Waals surface area contributed by atoms with Gasteiger partial charge in [0.2, 0.25) is 12.7 Å². The van der Waals surface area contributed by atoms with Gasteiger partial charge in [-0.2, -0.15) is 0 Å². The molecule has 1 heterocycles. The maximum Gasteiger partial charge on any atom is 0.256 e. The molecule has 0 spiro atoms. The Bertz CT molecular complexity index is 827. The van der Waals surface area contributed by atoms with E-state index in [-0.39, 0.29) is 24.4 Å². The second-order valence-corrected chi connectivity index (χ2v) is 6.67. The zero-order chi connectivity index (χ0) is 19.1.